The van der Waals surface area contributed by atoms with E-state index in [2.05, 4.69) is 36.8 Å². The van der Waals surface area contributed by atoms with Crippen molar-refractivity contribution in [3.05, 3.63) is 44.6 Å². The van der Waals surface area contributed by atoms with Crippen LogP contribution in [-0.4, -0.2) is 4.98 Å². The van der Waals surface area contributed by atoms with E-state index >= 15 is 0 Å². The molecule has 0 atom stereocenters. The van der Waals surface area contributed by atoms with Gasteiger partial charge in [0.15, 0.2) is 5.75 Å². The van der Waals surface area contributed by atoms with Crippen molar-refractivity contribution in [2.75, 3.05) is 5.73 Å². The molecule has 3 nitrogen and oxygen atoms in total. The van der Waals surface area contributed by atoms with E-state index in [1.807, 2.05) is 26.0 Å². The molecule has 2 rings (SSSR count). The Balaban J connectivity index is 2.41. The summed E-state index contributed by atoms with van der Waals surface area (Å²) in [5.74, 6) is 1.35. The van der Waals surface area contributed by atoms with Crippen molar-refractivity contribution >= 4 is 37.5 Å². The number of pyridine rings is 1. The van der Waals surface area contributed by atoms with Gasteiger partial charge >= 0.3 is 0 Å². The first-order chi connectivity index (χ1) is 8.49. The number of nitrogens with two attached hydrogens (primary N) is 1. The Morgan fingerprint density at radius 2 is 1.72 bits per heavy atom. The van der Waals surface area contributed by atoms with Gasteiger partial charge in [-0.25, -0.2) is 0 Å². The lowest BCUT2D eigenvalue weighted by Crippen LogP contribution is -1.95. The molecule has 0 fully saturated rings. The monoisotopic (exact) mass is 370 g/mol. The molecule has 94 valence electrons. The van der Waals surface area contributed by atoms with Crippen molar-refractivity contribution in [2.24, 2.45) is 0 Å². The largest absolute Gasteiger partial charge is 0.454 e. The van der Waals surface area contributed by atoms with Gasteiger partial charge in [-0.2, -0.15) is 0 Å². The molecule has 1 aromatic carbocycles. The zero-order chi connectivity index (χ0) is 13.3. The number of hydrogen-bond acceptors (Lipinski definition) is 3. The van der Waals surface area contributed by atoms with Gasteiger partial charge in [0.2, 0.25) is 0 Å². The second kappa shape index (κ2) is 5.28. The third-order valence-corrected chi connectivity index (χ3v) is 4.33. The maximum absolute atomic E-state index is 5.85. The first-order valence-electron chi connectivity index (χ1n) is 5.32. The van der Waals surface area contributed by atoms with Crippen LogP contribution in [0, 0.1) is 13.8 Å². The van der Waals surface area contributed by atoms with Gasteiger partial charge in [-0.1, -0.05) is 15.9 Å². The summed E-state index contributed by atoms with van der Waals surface area (Å²) in [4.78, 5) is 3.98. The summed E-state index contributed by atoms with van der Waals surface area (Å²) in [7, 11) is 0. The lowest BCUT2D eigenvalue weighted by Gasteiger charge is -2.12. The summed E-state index contributed by atoms with van der Waals surface area (Å²) < 4.78 is 7.65. The van der Waals surface area contributed by atoms with Gasteiger partial charge in [0.1, 0.15) is 5.75 Å². The molecule has 1 heterocycles. The van der Waals surface area contributed by atoms with Crippen LogP contribution in [0.15, 0.2) is 33.5 Å². The molecular formula is C13H12Br2N2O. The summed E-state index contributed by atoms with van der Waals surface area (Å²) >= 11 is 6.91. The highest BCUT2D eigenvalue weighted by molar-refractivity contribution is 9.10. The summed E-state index contributed by atoms with van der Waals surface area (Å²) in [6.07, 6.45) is 3.23. The third kappa shape index (κ3) is 2.67. The summed E-state index contributed by atoms with van der Waals surface area (Å²) in [5.41, 5.74) is 8.59. The number of nitrogen functional groups attached to an aromatic ring is 1. The number of ether oxygens (including phenoxy) is 1. The predicted molar refractivity (Wildman–Crippen MR) is 80.0 cm³/mol. The molecule has 0 spiro atoms. The van der Waals surface area contributed by atoms with Gasteiger partial charge < -0.3 is 10.5 Å². The molecule has 0 saturated heterocycles. The second-order valence-corrected chi connectivity index (χ2v) is 5.66. The molecule has 0 aliphatic heterocycles. The SMILES string of the molecule is Cc1cc(Oc2c(N)cncc2Br)cc(C)c1Br. The van der Waals surface area contributed by atoms with Crippen molar-refractivity contribution in [2.45, 2.75) is 13.8 Å². The minimum Gasteiger partial charge on any atom is -0.454 e. The Hall–Kier alpha value is -1.07. The van der Waals surface area contributed by atoms with E-state index in [0.717, 1.165) is 25.8 Å². The summed E-state index contributed by atoms with van der Waals surface area (Å²) in [6, 6.07) is 3.92. The lowest BCUT2D eigenvalue weighted by molar-refractivity contribution is 0.480. The van der Waals surface area contributed by atoms with Crippen LogP contribution in [0.2, 0.25) is 0 Å². The highest BCUT2D eigenvalue weighted by atomic mass is 79.9. The summed E-state index contributed by atoms with van der Waals surface area (Å²) in [6.45, 7) is 4.05. The summed E-state index contributed by atoms with van der Waals surface area (Å²) in [5, 5.41) is 0. The van der Waals surface area contributed by atoms with Crippen molar-refractivity contribution < 1.29 is 4.74 Å². The van der Waals surface area contributed by atoms with Gasteiger partial charge in [-0.05, 0) is 53.0 Å². The number of nitrogens with zero attached hydrogens (tertiary/aromatic N) is 1. The Labute approximate surface area is 123 Å². The van der Waals surface area contributed by atoms with E-state index in [0.29, 0.717) is 11.4 Å². The number of halogens is 2. The number of benzene rings is 1. The zero-order valence-electron chi connectivity index (χ0n) is 10.00. The van der Waals surface area contributed by atoms with Crippen LogP contribution < -0.4 is 10.5 Å². The molecule has 5 heteroatoms. The van der Waals surface area contributed by atoms with E-state index in [1.54, 1.807) is 12.4 Å². The normalized spacial score (nSPS) is 10.4. The molecule has 2 aromatic rings. The first kappa shape index (κ1) is 13.4. The molecule has 0 radical (unpaired) electrons. The van der Waals surface area contributed by atoms with Crippen LogP contribution in [0.25, 0.3) is 0 Å². The van der Waals surface area contributed by atoms with Crippen LogP contribution in [0.3, 0.4) is 0 Å². The molecule has 0 saturated carbocycles. The Kier molecular flexibility index (Phi) is 3.92. The Morgan fingerprint density at radius 1 is 1.11 bits per heavy atom. The average Bonchev–Trinajstić information content (AvgIpc) is 2.31. The van der Waals surface area contributed by atoms with Gasteiger partial charge in [-0.3, -0.25) is 4.98 Å². The van der Waals surface area contributed by atoms with E-state index in [-0.39, 0.29) is 0 Å². The van der Waals surface area contributed by atoms with Crippen LogP contribution in [0.4, 0.5) is 5.69 Å². The number of hydrogen-bond donors (Lipinski definition) is 1. The number of aryl methyl sites for hydroxylation is 2. The molecular weight excluding hydrogens is 360 g/mol. The molecule has 0 bridgehead atoms. The zero-order valence-corrected chi connectivity index (χ0v) is 13.2. The van der Waals surface area contributed by atoms with E-state index in [4.69, 9.17) is 10.5 Å². The van der Waals surface area contributed by atoms with E-state index in [1.165, 1.54) is 0 Å². The van der Waals surface area contributed by atoms with E-state index < -0.39 is 0 Å². The molecule has 0 aliphatic carbocycles. The van der Waals surface area contributed by atoms with Crippen LogP contribution >= 0.6 is 31.9 Å². The maximum Gasteiger partial charge on any atom is 0.167 e. The maximum atomic E-state index is 5.85. The molecule has 0 amide bonds. The smallest absolute Gasteiger partial charge is 0.167 e. The fourth-order valence-electron chi connectivity index (χ4n) is 1.63. The Bertz CT molecular complexity index is 556. The number of rotatable bonds is 2. The average molecular weight is 372 g/mol. The van der Waals surface area contributed by atoms with Gasteiger partial charge in [0.25, 0.3) is 0 Å². The lowest BCUT2D eigenvalue weighted by atomic mass is 10.1. The predicted octanol–water partition coefficient (Wildman–Crippen LogP) is 4.60. The van der Waals surface area contributed by atoms with E-state index in [9.17, 15) is 0 Å². The first-order valence-corrected chi connectivity index (χ1v) is 6.91. The van der Waals surface area contributed by atoms with Gasteiger partial charge in [-0.15, -0.1) is 0 Å². The van der Waals surface area contributed by atoms with Gasteiger partial charge in [0, 0.05) is 10.7 Å². The van der Waals surface area contributed by atoms with Gasteiger partial charge in [0.05, 0.1) is 16.4 Å². The number of aromatic nitrogens is 1. The fraction of sp³-hybridized carbons (Fsp3) is 0.154. The van der Waals surface area contributed by atoms with Crippen LogP contribution in [-0.2, 0) is 0 Å². The second-order valence-electron chi connectivity index (χ2n) is 4.01. The van der Waals surface area contributed by atoms with Crippen LogP contribution in [0.5, 0.6) is 11.5 Å². The highest BCUT2D eigenvalue weighted by Gasteiger charge is 2.09. The third-order valence-electron chi connectivity index (χ3n) is 2.51. The fourth-order valence-corrected chi connectivity index (χ4v) is 2.29. The molecule has 18 heavy (non-hydrogen) atoms. The highest BCUT2D eigenvalue weighted by Crippen LogP contribution is 2.36. The quantitative estimate of drug-likeness (QED) is 0.839. The molecule has 1 aromatic heterocycles. The van der Waals surface area contributed by atoms with Crippen molar-refractivity contribution in [3.8, 4) is 11.5 Å². The van der Waals surface area contributed by atoms with Crippen molar-refractivity contribution in [1.82, 2.24) is 4.98 Å². The minimum atomic E-state index is 0.502. The Morgan fingerprint density at radius 3 is 2.28 bits per heavy atom. The standard InChI is InChI=1S/C13H12Br2N2O/c1-7-3-9(4-8(2)12(7)15)18-13-10(14)5-17-6-11(13)16/h3-6H,16H2,1-2H3. The molecule has 2 N–H and O–H groups in total. The topological polar surface area (TPSA) is 48.1 Å². The minimum absolute atomic E-state index is 0.502. The molecule has 0 aliphatic rings. The van der Waals surface area contributed by atoms with Crippen molar-refractivity contribution in [1.29, 1.82) is 0 Å². The number of anilines is 1. The molecule has 0 unspecified atom stereocenters. The van der Waals surface area contributed by atoms with Crippen molar-refractivity contribution in [3.63, 3.8) is 0 Å². The van der Waals surface area contributed by atoms with Crippen LogP contribution in [0.1, 0.15) is 11.1 Å².